The summed E-state index contributed by atoms with van der Waals surface area (Å²) in [6, 6.07) is -1.16. The van der Waals surface area contributed by atoms with Crippen LogP contribution >= 0.6 is 0 Å². The highest BCUT2D eigenvalue weighted by molar-refractivity contribution is 5.86. The summed E-state index contributed by atoms with van der Waals surface area (Å²) >= 11 is 0. The van der Waals surface area contributed by atoms with Crippen molar-refractivity contribution < 1.29 is 9.59 Å². The SMILES string of the molecule is CC(NC(N)=O)C(=O)N1CCCC1. The third kappa shape index (κ3) is 2.61. The molecule has 0 aromatic rings. The van der Waals surface area contributed by atoms with Crippen molar-refractivity contribution in [3.63, 3.8) is 0 Å². The first kappa shape index (κ1) is 9.83. The summed E-state index contributed by atoms with van der Waals surface area (Å²) in [6.45, 7) is 3.23. The van der Waals surface area contributed by atoms with E-state index in [0.29, 0.717) is 0 Å². The fourth-order valence-electron chi connectivity index (χ4n) is 1.49. The number of hydrogen-bond acceptors (Lipinski definition) is 2. The Morgan fingerprint density at radius 1 is 1.38 bits per heavy atom. The summed E-state index contributed by atoms with van der Waals surface area (Å²) in [5.74, 6) is -0.0451. The highest BCUT2D eigenvalue weighted by Gasteiger charge is 2.23. The van der Waals surface area contributed by atoms with Crippen molar-refractivity contribution in [2.45, 2.75) is 25.8 Å². The number of nitrogens with one attached hydrogen (secondary N) is 1. The zero-order chi connectivity index (χ0) is 9.84. The van der Waals surface area contributed by atoms with E-state index in [1.165, 1.54) is 0 Å². The first-order valence-corrected chi connectivity index (χ1v) is 4.46. The number of nitrogens with zero attached hydrogens (tertiary/aromatic N) is 1. The fourth-order valence-corrected chi connectivity index (χ4v) is 1.49. The van der Waals surface area contributed by atoms with Crippen LogP contribution in [0.25, 0.3) is 0 Å². The van der Waals surface area contributed by atoms with Gasteiger partial charge in [-0.1, -0.05) is 0 Å². The summed E-state index contributed by atoms with van der Waals surface area (Å²) in [5, 5.41) is 2.37. The molecule has 0 spiro atoms. The van der Waals surface area contributed by atoms with Crippen LogP contribution in [0.15, 0.2) is 0 Å². The number of primary amides is 1. The van der Waals surface area contributed by atoms with Gasteiger partial charge < -0.3 is 16.0 Å². The monoisotopic (exact) mass is 185 g/mol. The molecular weight excluding hydrogens is 170 g/mol. The van der Waals surface area contributed by atoms with Crippen molar-refractivity contribution in [1.29, 1.82) is 0 Å². The van der Waals surface area contributed by atoms with Gasteiger partial charge in [0.05, 0.1) is 0 Å². The molecule has 5 nitrogen and oxygen atoms in total. The van der Waals surface area contributed by atoms with Gasteiger partial charge in [0.2, 0.25) is 5.91 Å². The number of likely N-dealkylation sites (tertiary alicyclic amines) is 1. The van der Waals surface area contributed by atoms with Gasteiger partial charge in [0, 0.05) is 13.1 Å². The Kier molecular flexibility index (Phi) is 3.11. The van der Waals surface area contributed by atoms with Crippen LogP contribution in [0.3, 0.4) is 0 Å². The lowest BCUT2D eigenvalue weighted by Gasteiger charge is -2.20. The quantitative estimate of drug-likeness (QED) is 0.618. The van der Waals surface area contributed by atoms with E-state index >= 15 is 0 Å². The molecular formula is C8H15N3O2. The molecule has 1 aliphatic rings. The summed E-state index contributed by atoms with van der Waals surface area (Å²) in [5.41, 5.74) is 4.91. The molecule has 1 unspecified atom stereocenters. The smallest absolute Gasteiger partial charge is 0.312 e. The second kappa shape index (κ2) is 4.11. The van der Waals surface area contributed by atoms with E-state index in [2.05, 4.69) is 5.32 Å². The van der Waals surface area contributed by atoms with Crippen LogP contribution in [-0.2, 0) is 4.79 Å². The molecule has 5 heteroatoms. The number of nitrogens with two attached hydrogens (primary N) is 1. The third-order valence-corrected chi connectivity index (χ3v) is 2.15. The molecule has 0 aromatic heterocycles. The van der Waals surface area contributed by atoms with Crippen molar-refractivity contribution >= 4 is 11.9 Å². The molecule has 1 aliphatic heterocycles. The molecule has 1 fully saturated rings. The van der Waals surface area contributed by atoms with Gasteiger partial charge in [-0.25, -0.2) is 4.79 Å². The molecule has 1 heterocycles. The first-order valence-electron chi connectivity index (χ1n) is 4.46. The van der Waals surface area contributed by atoms with Crippen LogP contribution in [0.1, 0.15) is 19.8 Å². The van der Waals surface area contributed by atoms with Crippen LogP contribution in [0.5, 0.6) is 0 Å². The van der Waals surface area contributed by atoms with Gasteiger partial charge in [0.1, 0.15) is 6.04 Å². The van der Waals surface area contributed by atoms with Gasteiger partial charge >= 0.3 is 6.03 Å². The third-order valence-electron chi connectivity index (χ3n) is 2.15. The minimum absolute atomic E-state index is 0.0451. The molecule has 74 valence electrons. The standard InChI is InChI=1S/C8H15N3O2/c1-6(10-8(9)13)7(12)11-4-2-3-5-11/h6H,2-5H2,1H3,(H3,9,10,13). The summed E-state index contributed by atoms with van der Waals surface area (Å²) in [4.78, 5) is 23.8. The summed E-state index contributed by atoms with van der Waals surface area (Å²) in [7, 11) is 0. The van der Waals surface area contributed by atoms with Gasteiger partial charge in [-0.3, -0.25) is 4.79 Å². The number of amides is 3. The lowest BCUT2D eigenvalue weighted by Crippen LogP contribution is -2.47. The predicted molar refractivity (Wildman–Crippen MR) is 48.0 cm³/mol. The summed E-state index contributed by atoms with van der Waals surface area (Å²) < 4.78 is 0. The molecule has 13 heavy (non-hydrogen) atoms. The van der Waals surface area contributed by atoms with E-state index in [0.717, 1.165) is 25.9 Å². The van der Waals surface area contributed by atoms with Gasteiger partial charge in [0.15, 0.2) is 0 Å². The number of hydrogen-bond donors (Lipinski definition) is 2. The van der Waals surface area contributed by atoms with E-state index in [9.17, 15) is 9.59 Å². The lowest BCUT2D eigenvalue weighted by molar-refractivity contribution is -0.131. The fraction of sp³-hybridized carbons (Fsp3) is 0.750. The molecule has 0 aliphatic carbocycles. The minimum Gasteiger partial charge on any atom is -0.352 e. The van der Waals surface area contributed by atoms with E-state index in [-0.39, 0.29) is 5.91 Å². The zero-order valence-corrected chi connectivity index (χ0v) is 7.75. The van der Waals surface area contributed by atoms with Crippen LogP contribution < -0.4 is 11.1 Å². The molecule has 0 radical (unpaired) electrons. The average Bonchev–Trinajstić information content (AvgIpc) is 2.53. The first-order chi connectivity index (χ1) is 6.11. The molecule has 1 atom stereocenters. The predicted octanol–water partition coefficient (Wildman–Crippen LogP) is -0.334. The van der Waals surface area contributed by atoms with Crippen LogP contribution in [0.4, 0.5) is 4.79 Å². The molecule has 3 N–H and O–H groups in total. The van der Waals surface area contributed by atoms with Gasteiger partial charge in [-0.2, -0.15) is 0 Å². The van der Waals surface area contributed by atoms with Gasteiger partial charge in [-0.15, -0.1) is 0 Å². The maximum Gasteiger partial charge on any atom is 0.312 e. The second-order valence-electron chi connectivity index (χ2n) is 3.26. The minimum atomic E-state index is -0.653. The Morgan fingerprint density at radius 2 is 1.92 bits per heavy atom. The molecule has 0 saturated carbocycles. The molecule has 1 saturated heterocycles. The topological polar surface area (TPSA) is 75.4 Å². The molecule has 0 bridgehead atoms. The van der Waals surface area contributed by atoms with Crippen molar-refractivity contribution in [2.24, 2.45) is 5.73 Å². The highest BCUT2D eigenvalue weighted by Crippen LogP contribution is 2.08. The maximum atomic E-state index is 11.5. The van der Waals surface area contributed by atoms with E-state index in [1.54, 1.807) is 11.8 Å². The highest BCUT2D eigenvalue weighted by atomic mass is 16.2. The van der Waals surface area contributed by atoms with E-state index in [4.69, 9.17) is 5.73 Å². The molecule has 1 rings (SSSR count). The summed E-state index contributed by atoms with van der Waals surface area (Å²) in [6.07, 6.45) is 2.10. The lowest BCUT2D eigenvalue weighted by atomic mass is 10.3. The van der Waals surface area contributed by atoms with Crippen LogP contribution in [-0.4, -0.2) is 36.0 Å². The Balaban J connectivity index is 2.41. The van der Waals surface area contributed by atoms with Gasteiger partial charge in [0.25, 0.3) is 0 Å². The Hall–Kier alpha value is -1.26. The number of urea groups is 1. The largest absolute Gasteiger partial charge is 0.352 e. The van der Waals surface area contributed by atoms with Crippen LogP contribution in [0, 0.1) is 0 Å². The van der Waals surface area contributed by atoms with Crippen LogP contribution in [0.2, 0.25) is 0 Å². The van der Waals surface area contributed by atoms with E-state index in [1.807, 2.05) is 0 Å². The number of carbonyl (C=O) groups is 2. The number of carbonyl (C=O) groups excluding carboxylic acids is 2. The average molecular weight is 185 g/mol. The van der Waals surface area contributed by atoms with Crippen molar-refractivity contribution in [3.05, 3.63) is 0 Å². The normalized spacial score (nSPS) is 18.4. The van der Waals surface area contributed by atoms with Crippen molar-refractivity contribution in [1.82, 2.24) is 10.2 Å². The zero-order valence-electron chi connectivity index (χ0n) is 7.75. The maximum absolute atomic E-state index is 11.5. The van der Waals surface area contributed by atoms with Gasteiger partial charge in [-0.05, 0) is 19.8 Å². The Morgan fingerprint density at radius 3 is 2.38 bits per heavy atom. The Bertz CT molecular complexity index is 211. The molecule has 0 aromatic carbocycles. The van der Waals surface area contributed by atoms with Crippen molar-refractivity contribution in [3.8, 4) is 0 Å². The molecule has 3 amide bonds. The Labute approximate surface area is 77.3 Å². The van der Waals surface area contributed by atoms with Crippen molar-refractivity contribution in [2.75, 3.05) is 13.1 Å². The van der Waals surface area contributed by atoms with E-state index < -0.39 is 12.1 Å². The number of rotatable bonds is 2. The second-order valence-corrected chi connectivity index (χ2v) is 3.26.